The van der Waals surface area contributed by atoms with Crippen LogP contribution >= 0.6 is 11.3 Å². The van der Waals surface area contributed by atoms with Crippen LogP contribution < -0.4 is 14.8 Å². The molecular formula is C20H19N5O3S. The van der Waals surface area contributed by atoms with Gasteiger partial charge in [0.05, 0.1) is 7.11 Å². The molecule has 0 saturated carbocycles. The fourth-order valence-corrected chi connectivity index (χ4v) is 3.50. The van der Waals surface area contributed by atoms with Crippen LogP contribution in [0, 0.1) is 13.8 Å². The highest BCUT2D eigenvalue weighted by atomic mass is 32.1. The van der Waals surface area contributed by atoms with Crippen molar-refractivity contribution in [1.82, 2.24) is 19.8 Å². The Morgan fingerprint density at radius 1 is 1.14 bits per heavy atom. The summed E-state index contributed by atoms with van der Waals surface area (Å²) in [6, 6.07) is 13.3. The van der Waals surface area contributed by atoms with Crippen molar-refractivity contribution in [3.8, 4) is 22.9 Å². The van der Waals surface area contributed by atoms with Crippen molar-refractivity contribution in [3.05, 3.63) is 53.6 Å². The lowest BCUT2D eigenvalue weighted by atomic mass is 10.1. The molecule has 0 aliphatic carbocycles. The molecule has 8 nitrogen and oxygen atoms in total. The third-order valence-electron chi connectivity index (χ3n) is 4.29. The van der Waals surface area contributed by atoms with Gasteiger partial charge in [0, 0.05) is 5.56 Å². The minimum atomic E-state index is -0.290. The highest BCUT2D eigenvalue weighted by molar-refractivity contribution is 7.20. The molecule has 0 spiro atoms. The van der Waals surface area contributed by atoms with Crippen LogP contribution in [0.1, 0.15) is 11.1 Å². The minimum absolute atomic E-state index is 0.101. The van der Waals surface area contributed by atoms with E-state index >= 15 is 0 Å². The van der Waals surface area contributed by atoms with Gasteiger partial charge < -0.3 is 9.47 Å². The van der Waals surface area contributed by atoms with E-state index < -0.39 is 0 Å². The molecule has 0 aliphatic heterocycles. The van der Waals surface area contributed by atoms with Crippen molar-refractivity contribution in [2.24, 2.45) is 0 Å². The number of methoxy groups -OCH3 is 1. The molecule has 2 heterocycles. The molecule has 1 amide bonds. The third-order valence-corrected chi connectivity index (χ3v) is 5.10. The summed E-state index contributed by atoms with van der Waals surface area (Å²) in [5.74, 6) is 1.75. The van der Waals surface area contributed by atoms with Gasteiger partial charge in [0.2, 0.25) is 10.1 Å². The van der Waals surface area contributed by atoms with E-state index in [2.05, 4.69) is 20.6 Å². The van der Waals surface area contributed by atoms with Gasteiger partial charge in [-0.05, 0) is 55.3 Å². The Morgan fingerprint density at radius 3 is 2.69 bits per heavy atom. The summed E-state index contributed by atoms with van der Waals surface area (Å²) in [5.41, 5.74) is 2.90. The second-order valence-electron chi connectivity index (χ2n) is 6.46. The van der Waals surface area contributed by atoms with Crippen molar-refractivity contribution in [2.45, 2.75) is 13.8 Å². The van der Waals surface area contributed by atoms with Gasteiger partial charge in [-0.2, -0.15) is 4.52 Å². The number of amides is 1. The van der Waals surface area contributed by atoms with Crippen molar-refractivity contribution < 1.29 is 14.3 Å². The lowest BCUT2D eigenvalue weighted by molar-refractivity contribution is -0.118. The average Bonchev–Trinajstić information content (AvgIpc) is 3.29. The molecule has 0 radical (unpaired) electrons. The van der Waals surface area contributed by atoms with E-state index in [0.717, 1.165) is 22.4 Å². The topological polar surface area (TPSA) is 90.6 Å². The van der Waals surface area contributed by atoms with Gasteiger partial charge in [0.1, 0.15) is 11.5 Å². The third kappa shape index (κ3) is 4.04. The summed E-state index contributed by atoms with van der Waals surface area (Å²) in [6.07, 6.45) is 0. The van der Waals surface area contributed by atoms with Crippen LogP contribution in [0.2, 0.25) is 0 Å². The number of fused-ring (bicyclic) bond motifs is 1. The Labute approximate surface area is 171 Å². The number of aryl methyl sites for hydroxylation is 2. The SMILES string of the molecule is COc1ccc(-c2nnc3sc(NC(=O)COc4cc(C)ccc4C)nn23)cc1. The molecule has 1 N–H and O–H groups in total. The first-order valence-corrected chi connectivity index (χ1v) is 9.72. The van der Waals surface area contributed by atoms with E-state index in [-0.39, 0.29) is 12.5 Å². The van der Waals surface area contributed by atoms with E-state index in [1.54, 1.807) is 11.6 Å². The number of ether oxygens (including phenoxy) is 2. The standard InChI is InChI=1S/C20H19N5O3S/c1-12-4-5-13(2)16(10-12)28-11-17(26)21-19-24-25-18(22-23-20(25)29-19)14-6-8-15(27-3)9-7-14/h4-10H,11H2,1-3H3,(H,21,24,26). The molecule has 2 aromatic carbocycles. The number of nitrogens with one attached hydrogen (secondary N) is 1. The summed E-state index contributed by atoms with van der Waals surface area (Å²) in [5, 5.41) is 15.9. The molecule has 2 aromatic heterocycles. The van der Waals surface area contributed by atoms with E-state index in [1.807, 2.05) is 56.3 Å². The first-order valence-electron chi connectivity index (χ1n) is 8.90. The molecule has 0 saturated heterocycles. The zero-order valence-corrected chi connectivity index (χ0v) is 17.0. The number of rotatable bonds is 6. The monoisotopic (exact) mass is 409 g/mol. The van der Waals surface area contributed by atoms with Crippen molar-refractivity contribution >= 4 is 27.3 Å². The molecule has 29 heavy (non-hydrogen) atoms. The highest BCUT2D eigenvalue weighted by Gasteiger charge is 2.15. The molecule has 9 heteroatoms. The van der Waals surface area contributed by atoms with Gasteiger partial charge in [0.25, 0.3) is 5.91 Å². The van der Waals surface area contributed by atoms with Crippen molar-refractivity contribution in [2.75, 3.05) is 19.0 Å². The lowest BCUT2D eigenvalue weighted by Gasteiger charge is -2.09. The summed E-state index contributed by atoms with van der Waals surface area (Å²) < 4.78 is 12.4. The maximum atomic E-state index is 12.3. The number of carbonyl (C=O) groups excluding carboxylic acids is 1. The van der Waals surface area contributed by atoms with E-state index in [4.69, 9.17) is 9.47 Å². The predicted molar refractivity (Wildman–Crippen MR) is 111 cm³/mol. The number of nitrogens with zero attached hydrogens (tertiary/aromatic N) is 4. The smallest absolute Gasteiger partial charge is 0.264 e. The van der Waals surface area contributed by atoms with Gasteiger partial charge in [-0.3, -0.25) is 10.1 Å². The zero-order valence-electron chi connectivity index (χ0n) is 16.2. The maximum Gasteiger partial charge on any atom is 0.264 e. The number of carbonyl (C=O) groups is 1. The number of hydrogen-bond donors (Lipinski definition) is 1. The lowest BCUT2D eigenvalue weighted by Crippen LogP contribution is -2.20. The van der Waals surface area contributed by atoms with Crippen LogP contribution in [-0.2, 0) is 4.79 Å². The number of hydrogen-bond acceptors (Lipinski definition) is 7. The molecule has 0 fully saturated rings. The van der Waals surface area contributed by atoms with Crippen LogP contribution in [0.4, 0.5) is 5.13 Å². The first-order chi connectivity index (χ1) is 14.0. The molecule has 4 aromatic rings. The largest absolute Gasteiger partial charge is 0.497 e. The van der Waals surface area contributed by atoms with E-state index in [9.17, 15) is 4.79 Å². The van der Waals surface area contributed by atoms with Crippen molar-refractivity contribution in [1.29, 1.82) is 0 Å². The Hall–Kier alpha value is -3.46. The zero-order chi connectivity index (χ0) is 20.4. The molecule has 0 bridgehead atoms. The average molecular weight is 409 g/mol. The predicted octanol–water partition coefficient (Wildman–Crippen LogP) is 3.50. The second-order valence-corrected chi connectivity index (χ2v) is 7.42. The summed E-state index contributed by atoms with van der Waals surface area (Å²) in [4.78, 5) is 12.9. The van der Waals surface area contributed by atoms with Crippen LogP contribution in [0.5, 0.6) is 11.5 Å². The van der Waals surface area contributed by atoms with Gasteiger partial charge in [-0.1, -0.05) is 23.5 Å². The quantitative estimate of drug-likeness (QED) is 0.524. The Bertz CT molecular complexity index is 1170. The molecule has 0 aliphatic rings. The Kier molecular flexibility index (Phi) is 5.13. The Balaban J connectivity index is 1.46. The van der Waals surface area contributed by atoms with Crippen LogP contribution in [-0.4, -0.2) is 39.4 Å². The molecule has 0 unspecified atom stereocenters. The van der Waals surface area contributed by atoms with E-state index in [1.165, 1.54) is 11.3 Å². The second kappa shape index (κ2) is 7.88. The van der Waals surface area contributed by atoms with Gasteiger partial charge in [-0.15, -0.1) is 15.3 Å². The van der Waals surface area contributed by atoms with Crippen LogP contribution in [0.3, 0.4) is 0 Å². The molecule has 0 atom stereocenters. The maximum absolute atomic E-state index is 12.3. The summed E-state index contributed by atoms with van der Waals surface area (Å²) >= 11 is 1.24. The normalized spacial score (nSPS) is 10.9. The molecular weight excluding hydrogens is 390 g/mol. The highest BCUT2D eigenvalue weighted by Crippen LogP contribution is 2.25. The van der Waals surface area contributed by atoms with Crippen LogP contribution in [0.15, 0.2) is 42.5 Å². The van der Waals surface area contributed by atoms with Gasteiger partial charge >= 0.3 is 0 Å². The fourth-order valence-electron chi connectivity index (χ4n) is 2.75. The van der Waals surface area contributed by atoms with Crippen LogP contribution in [0.25, 0.3) is 16.3 Å². The van der Waals surface area contributed by atoms with Gasteiger partial charge in [-0.25, -0.2) is 0 Å². The summed E-state index contributed by atoms with van der Waals surface area (Å²) in [6.45, 7) is 3.82. The van der Waals surface area contributed by atoms with Gasteiger partial charge in [0.15, 0.2) is 12.4 Å². The summed E-state index contributed by atoms with van der Waals surface area (Å²) in [7, 11) is 1.61. The fraction of sp³-hybridized carbons (Fsp3) is 0.200. The number of anilines is 1. The van der Waals surface area contributed by atoms with E-state index in [0.29, 0.717) is 21.7 Å². The molecule has 4 rings (SSSR count). The van der Waals surface area contributed by atoms with Crippen molar-refractivity contribution in [3.63, 3.8) is 0 Å². The Morgan fingerprint density at radius 2 is 1.93 bits per heavy atom. The number of benzene rings is 2. The molecule has 148 valence electrons. The number of aromatic nitrogens is 4. The first kappa shape index (κ1) is 18.9. The minimum Gasteiger partial charge on any atom is -0.497 e.